The second-order valence-electron chi connectivity index (χ2n) is 3.88. The molecule has 0 aromatic heterocycles. The summed E-state index contributed by atoms with van der Waals surface area (Å²) in [7, 11) is 0. The molecule has 1 atom stereocenters. The van der Waals surface area contributed by atoms with Crippen LogP contribution in [0.4, 0.5) is 10.1 Å². The van der Waals surface area contributed by atoms with Gasteiger partial charge in [0, 0.05) is 0 Å². The molecular formula is C11H14ClFN2O. The molecular weight excluding hydrogens is 231 g/mol. The van der Waals surface area contributed by atoms with Crippen molar-refractivity contribution in [2.24, 2.45) is 11.7 Å². The van der Waals surface area contributed by atoms with E-state index in [9.17, 15) is 9.18 Å². The lowest BCUT2D eigenvalue weighted by molar-refractivity contribution is -0.118. The van der Waals surface area contributed by atoms with Gasteiger partial charge in [-0.3, -0.25) is 4.79 Å². The van der Waals surface area contributed by atoms with Crippen LogP contribution in [0.3, 0.4) is 0 Å². The number of hydrogen-bond acceptors (Lipinski definition) is 2. The van der Waals surface area contributed by atoms with Gasteiger partial charge in [-0.2, -0.15) is 0 Å². The monoisotopic (exact) mass is 244 g/mol. The van der Waals surface area contributed by atoms with Gasteiger partial charge in [0.25, 0.3) is 0 Å². The van der Waals surface area contributed by atoms with Crippen LogP contribution in [-0.2, 0) is 4.79 Å². The van der Waals surface area contributed by atoms with Crippen LogP contribution in [0, 0.1) is 11.7 Å². The van der Waals surface area contributed by atoms with Gasteiger partial charge in [-0.1, -0.05) is 25.4 Å². The second kappa shape index (κ2) is 5.27. The third-order valence-electron chi connectivity index (χ3n) is 2.21. The number of rotatable bonds is 3. The first-order valence-corrected chi connectivity index (χ1v) is 5.31. The number of anilines is 1. The minimum absolute atomic E-state index is 0.0271. The van der Waals surface area contributed by atoms with Crippen molar-refractivity contribution in [3.8, 4) is 0 Å². The first-order valence-electron chi connectivity index (χ1n) is 4.93. The Kier molecular flexibility index (Phi) is 4.26. The van der Waals surface area contributed by atoms with Crippen LogP contribution in [0.5, 0.6) is 0 Å². The minimum Gasteiger partial charge on any atom is -0.323 e. The summed E-state index contributed by atoms with van der Waals surface area (Å²) in [5.74, 6) is -0.751. The number of nitrogens with one attached hydrogen (secondary N) is 1. The third kappa shape index (κ3) is 3.18. The fourth-order valence-corrected chi connectivity index (χ4v) is 1.32. The molecule has 0 heterocycles. The molecule has 0 aliphatic rings. The van der Waals surface area contributed by atoms with Crippen LogP contribution in [-0.4, -0.2) is 11.9 Å². The summed E-state index contributed by atoms with van der Waals surface area (Å²) in [5.41, 5.74) is 6.02. The maximum absolute atomic E-state index is 12.7. The maximum atomic E-state index is 12.7. The minimum atomic E-state index is -0.610. The molecule has 88 valence electrons. The molecule has 1 unspecified atom stereocenters. The predicted octanol–water partition coefficient (Wildman–Crippen LogP) is 2.40. The Morgan fingerprint density at radius 3 is 2.62 bits per heavy atom. The normalized spacial score (nSPS) is 12.6. The molecule has 16 heavy (non-hydrogen) atoms. The average Bonchev–Trinajstić information content (AvgIpc) is 2.20. The Hall–Kier alpha value is -1.13. The Labute approximate surface area is 98.8 Å². The summed E-state index contributed by atoms with van der Waals surface area (Å²) < 4.78 is 12.7. The van der Waals surface area contributed by atoms with E-state index in [0.717, 1.165) is 6.07 Å². The fraction of sp³-hybridized carbons (Fsp3) is 0.364. The summed E-state index contributed by atoms with van der Waals surface area (Å²) in [6.45, 7) is 3.69. The molecule has 1 rings (SSSR count). The van der Waals surface area contributed by atoms with Gasteiger partial charge in [-0.15, -0.1) is 0 Å². The number of carbonyl (C=O) groups is 1. The summed E-state index contributed by atoms with van der Waals surface area (Å²) in [6.07, 6.45) is 0. The molecule has 5 heteroatoms. The number of halogens is 2. The lowest BCUT2D eigenvalue weighted by Gasteiger charge is -2.15. The first-order chi connectivity index (χ1) is 7.41. The molecule has 0 bridgehead atoms. The van der Waals surface area contributed by atoms with Gasteiger partial charge in [-0.05, 0) is 24.1 Å². The Morgan fingerprint density at radius 2 is 2.12 bits per heavy atom. The quantitative estimate of drug-likeness (QED) is 0.858. The van der Waals surface area contributed by atoms with Crippen molar-refractivity contribution < 1.29 is 9.18 Å². The SMILES string of the molecule is CC(C)C(N)C(=O)Nc1ccc(F)cc1Cl. The van der Waals surface area contributed by atoms with Gasteiger partial charge in [0.15, 0.2) is 0 Å². The van der Waals surface area contributed by atoms with Crippen molar-refractivity contribution in [3.05, 3.63) is 29.0 Å². The van der Waals surface area contributed by atoms with E-state index in [1.165, 1.54) is 12.1 Å². The number of hydrogen-bond donors (Lipinski definition) is 2. The number of benzene rings is 1. The van der Waals surface area contributed by atoms with Crippen molar-refractivity contribution in [2.75, 3.05) is 5.32 Å². The first kappa shape index (κ1) is 12.9. The zero-order valence-corrected chi connectivity index (χ0v) is 9.88. The van der Waals surface area contributed by atoms with Crippen LogP contribution in [0.2, 0.25) is 5.02 Å². The summed E-state index contributed by atoms with van der Waals surface area (Å²) in [5, 5.41) is 2.71. The molecule has 0 aliphatic heterocycles. The fourth-order valence-electron chi connectivity index (χ4n) is 1.11. The highest BCUT2D eigenvalue weighted by atomic mass is 35.5. The van der Waals surface area contributed by atoms with Crippen molar-refractivity contribution in [1.29, 1.82) is 0 Å². The van der Waals surface area contributed by atoms with E-state index in [-0.39, 0.29) is 16.8 Å². The molecule has 3 N–H and O–H groups in total. The van der Waals surface area contributed by atoms with Gasteiger partial charge in [0.05, 0.1) is 16.8 Å². The Bertz CT molecular complexity index is 396. The van der Waals surface area contributed by atoms with Gasteiger partial charge in [0.1, 0.15) is 5.82 Å². The summed E-state index contributed by atoms with van der Waals surface area (Å²) >= 11 is 5.76. The summed E-state index contributed by atoms with van der Waals surface area (Å²) in [6, 6.07) is 3.16. The average molecular weight is 245 g/mol. The molecule has 0 saturated carbocycles. The largest absolute Gasteiger partial charge is 0.323 e. The standard InChI is InChI=1S/C11H14ClFN2O/c1-6(2)10(14)11(16)15-9-4-3-7(13)5-8(9)12/h3-6,10H,14H2,1-2H3,(H,15,16). The molecule has 0 radical (unpaired) electrons. The highest BCUT2D eigenvalue weighted by molar-refractivity contribution is 6.33. The number of nitrogens with two attached hydrogens (primary N) is 1. The molecule has 0 fully saturated rings. The topological polar surface area (TPSA) is 55.1 Å². The molecule has 1 aromatic rings. The molecule has 3 nitrogen and oxygen atoms in total. The van der Waals surface area contributed by atoms with Crippen LogP contribution in [0.1, 0.15) is 13.8 Å². The van der Waals surface area contributed by atoms with Gasteiger partial charge >= 0.3 is 0 Å². The van der Waals surface area contributed by atoms with E-state index in [4.69, 9.17) is 17.3 Å². The van der Waals surface area contributed by atoms with E-state index in [1.807, 2.05) is 13.8 Å². The maximum Gasteiger partial charge on any atom is 0.241 e. The van der Waals surface area contributed by atoms with E-state index >= 15 is 0 Å². The third-order valence-corrected chi connectivity index (χ3v) is 2.52. The van der Waals surface area contributed by atoms with Gasteiger partial charge in [0.2, 0.25) is 5.91 Å². The van der Waals surface area contributed by atoms with Crippen LogP contribution in [0.25, 0.3) is 0 Å². The Morgan fingerprint density at radius 1 is 1.50 bits per heavy atom. The van der Waals surface area contributed by atoms with Crippen molar-refractivity contribution in [2.45, 2.75) is 19.9 Å². The zero-order valence-electron chi connectivity index (χ0n) is 9.13. The summed E-state index contributed by atoms with van der Waals surface area (Å²) in [4.78, 5) is 11.6. The lowest BCUT2D eigenvalue weighted by Crippen LogP contribution is -2.39. The van der Waals surface area contributed by atoms with Crippen LogP contribution >= 0.6 is 11.6 Å². The molecule has 0 saturated heterocycles. The highest BCUT2D eigenvalue weighted by Gasteiger charge is 2.18. The van der Waals surface area contributed by atoms with Gasteiger partial charge in [-0.25, -0.2) is 4.39 Å². The zero-order chi connectivity index (χ0) is 12.3. The number of amides is 1. The highest BCUT2D eigenvalue weighted by Crippen LogP contribution is 2.22. The van der Waals surface area contributed by atoms with Crippen molar-refractivity contribution in [1.82, 2.24) is 0 Å². The van der Waals surface area contributed by atoms with E-state index in [2.05, 4.69) is 5.32 Å². The van der Waals surface area contributed by atoms with Crippen LogP contribution in [0.15, 0.2) is 18.2 Å². The lowest BCUT2D eigenvalue weighted by atomic mass is 10.1. The molecule has 0 spiro atoms. The molecule has 1 amide bonds. The van der Waals surface area contributed by atoms with Crippen LogP contribution < -0.4 is 11.1 Å². The second-order valence-corrected chi connectivity index (χ2v) is 4.29. The molecule has 0 aliphatic carbocycles. The van der Waals surface area contributed by atoms with E-state index in [1.54, 1.807) is 0 Å². The van der Waals surface area contributed by atoms with Crippen molar-refractivity contribution >= 4 is 23.2 Å². The van der Waals surface area contributed by atoms with E-state index in [0.29, 0.717) is 5.69 Å². The smallest absolute Gasteiger partial charge is 0.241 e. The van der Waals surface area contributed by atoms with Gasteiger partial charge < -0.3 is 11.1 Å². The van der Waals surface area contributed by atoms with Crippen molar-refractivity contribution in [3.63, 3.8) is 0 Å². The Balaban J connectivity index is 2.77. The predicted molar refractivity (Wildman–Crippen MR) is 62.9 cm³/mol. The molecule has 1 aromatic carbocycles. The number of carbonyl (C=O) groups excluding carboxylic acids is 1. The van der Waals surface area contributed by atoms with E-state index < -0.39 is 11.9 Å².